The summed E-state index contributed by atoms with van der Waals surface area (Å²) in [5.41, 5.74) is 0.578. The minimum absolute atomic E-state index is 0.0371. The number of benzene rings is 1. The van der Waals surface area contributed by atoms with E-state index in [1.807, 2.05) is 0 Å². The first-order chi connectivity index (χ1) is 11.8. The lowest BCUT2D eigenvalue weighted by Crippen LogP contribution is -2.58. The van der Waals surface area contributed by atoms with E-state index in [2.05, 4.69) is 0 Å². The van der Waals surface area contributed by atoms with Crippen molar-refractivity contribution in [1.82, 2.24) is 0 Å². The number of hydrogen-bond donors (Lipinski definition) is 5. The normalized spacial score (nSPS) is 29.6. The molecule has 0 saturated carbocycles. The van der Waals surface area contributed by atoms with Gasteiger partial charge in [-0.05, 0) is 23.8 Å². The van der Waals surface area contributed by atoms with Crippen LogP contribution in [-0.2, 0) is 14.3 Å². The van der Waals surface area contributed by atoms with Crippen LogP contribution in [0.25, 0.3) is 6.08 Å². The van der Waals surface area contributed by atoms with Gasteiger partial charge >= 0.3 is 5.97 Å². The van der Waals surface area contributed by atoms with Gasteiger partial charge < -0.3 is 39.7 Å². The Balaban J connectivity index is 1.90. The minimum Gasteiger partial charge on any atom is -0.504 e. The molecular formula is C16H20O9. The second kappa shape index (κ2) is 8.28. The van der Waals surface area contributed by atoms with Crippen LogP contribution in [0, 0.1) is 0 Å². The fraction of sp³-hybridized carbons (Fsp3) is 0.438. The number of phenols is 1. The number of ether oxygens (including phenoxy) is 3. The molecule has 1 aromatic rings. The Labute approximate surface area is 143 Å². The number of carbonyl (C=O) groups excluding carboxylic acids is 1. The zero-order valence-corrected chi connectivity index (χ0v) is 13.3. The van der Waals surface area contributed by atoms with Crippen LogP contribution in [0.3, 0.4) is 0 Å². The average Bonchev–Trinajstić information content (AvgIpc) is 2.61. The summed E-state index contributed by atoms with van der Waals surface area (Å²) in [5, 5.41) is 47.5. The Morgan fingerprint density at radius 2 is 1.92 bits per heavy atom. The van der Waals surface area contributed by atoms with Crippen LogP contribution in [0.4, 0.5) is 0 Å². The van der Waals surface area contributed by atoms with Crippen molar-refractivity contribution < 1.29 is 44.5 Å². The molecule has 0 bridgehead atoms. The highest BCUT2D eigenvalue weighted by Gasteiger charge is 2.43. The third kappa shape index (κ3) is 4.68. The Kier molecular flexibility index (Phi) is 6.34. The molecule has 9 heteroatoms. The number of methoxy groups -OCH3 is 1. The van der Waals surface area contributed by atoms with E-state index in [4.69, 9.17) is 14.2 Å². The molecule has 1 heterocycles. The molecule has 0 unspecified atom stereocenters. The molecule has 25 heavy (non-hydrogen) atoms. The van der Waals surface area contributed by atoms with Crippen molar-refractivity contribution in [2.75, 3.05) is 13.7 Å². The monoisotopic (exact) mass is 356 g/mol. The molecule has 1 saturated heterocycles. The van der Waals surface area contributed by atoms with Gasteiger partial charge in [-0.15, -0.1) is 0 Å². The Bertz CT molecular complexity index is 630. The first-order valence-corrected chi connectivity index (χ1v) is 7.43. The molecule has 9 nitrogen and oxygen atoms in total. The van der Waals surface area contributed by atoms with Gasteiger partial charge in [0.2, 0.25) is 0 Å². The molecule has 1 aliphatic heterocycles. The van der Waals surface area contributed by atoms with E-state index >= 15 is 0 Å². The molecule has 1 aromatic carbocycles. The summed E-state index contributed by atoms with van der Waals surface area (Å²) in [6.45, 7) is -0.427. The number of rotatable bonds is 5. The molecule has 0 spiro atoms. The molecule has 2 rings (SSSR count). The molecule has 138 valence electrons. The molecule has 1 aliphatic rings. The highest BCUT2D eigenvalue weighted by molar-refractivity contribution is 5.87. The molecular weight excluding hydrogens is 336 g/mol. The quantitative estimate of drug-likeness (QED) is 0.323. The lowest BCUT2D eigenvalue weighted by atomic mass is 9.99. The predicted molar refractivity (Wildman–Crippen MR) is 83.6 cm³/mol. The van der Waals surface area contributed by atoms with Crippen LogP contribution in [0.15, 0.2) is 24.3 Å². The summed E-state index contributed by atoms with van der Waals surface area (Å²) in [7, 11) is 1.39. The van der Waals surface area contributed by atoms with Crippen LogP contribution < -0.4 is 4.74 Å². The van der Waals surface area contributed by atoms with Crippen molar-refractivity contribution in [2.24, 2.45) is 0 Å². The largest absolute Gasteiger partial charge is 0.504 e. The summed E-state index contributed by atoms with van der Waals surface area (Å²) in [5.74, 6) is -0.543. The van der Waals surface area contributed by atoms with Gasteiger partial charge in [0.25, 0.3) is 0 Å². The number of phenolic OH excluding ortho intramolecular Hbond substituents is 1. The number of esters is 1. The van der Waals surface area contributed by atoms with Crippen molar-refractivity contribution in [2.45, 2.75) is 30.7 Å². The summed E-state index contributed by atoms with van der Waals surface area (Å²) in [4.78, 5) is 11.7. The summed E-state index contributed by atoms with van der Waals surface area (Å²) in [6.07, 6.45) is -5.12. The van der Waals surface area contributed by atoms with Gasteiger partial charge in [-0.25, -0.2) is 4.79 Å². The summed E-state index contributed by atoms with van der Waals surface area (Å²) < 4.78 is 14.7. The Morgan fingerprint density at radius 1 is 1.20 bits per heavy atom. The number of aliphatic hydroxyl groups excluding tert-OH is 4. The van der Waals surface area contributed by atoms with Crippen LogP contribution in [0.5, 0.6) is 11.5 Å². The maximum Gasteiger partial charge on any atom is 0.330 e. The third-order valence-corrected chi connectivity index (χ3v) is 3.69. The number of aliphatic hydroxyl groups is 4. The molecule has 0 aromatic heterocycles. The summed E-state index contributed by atoms with van der Waals surface area (Å²) in [6, 6.07) is 4.48. The van der Waals surface area contributed by atoms with Gasteiger partial charge in [0, 0.05) is 6.08 Å². The van der Waals surface area contributed by atoms with Crippen molar-refractivity contribution >= 4 is 12.0 Å². The van der Waals surface area contributed by atoms with Crippen molar-refractivity contribution in [1.29, 1.82) is 0 Å². The fourth-order valence-corrected chi connectivity index (χ4v) is 2.24. The highest BCUT2D eigenvalue weighted by Crippen LogP contribution is 2.26. The lowest BCUT2D eigenvalue weighted by Gasteiger charge is -2.37. The molecule has 1 fully saturated rings. The maximum atomic E-state index is 11.7. The zero-order chi connectivity index (χ0) is 18.6. The standard InChI is InChI=1S/C16H20O9/c1-23-10-6-8(2-4-9(10)17)3-5-12(18)24-7-11-13(19)14(20)15(21)16(22)25-11/h2-6,11,13-17,19-22H,7H2,1H3/t11-,13+,14-,15-,16-/m1/s1. The predicted octanol–water partition coefficient (Wildman–Crippen LogP) is -1.24. The SMILES string of the molecule is COc1cc(C=CC(=O)OC[C@H]2O[C@@H](O)[C@H](O)[C@H](O)[C@H]2O)ccc1O. The smallest absolute Gasteiger partial charge is 0.330 e. The average molecular weight is 356 g/mol. The van der Waals surface area contributed by atoms with E-state index in [1.54, 1.807) is 6.07 Å². The maximum absolute atomic E-state index is 11.7. The van der Waals surface area contributed by atoms with E-state index in [9.17, 15) is 30.3 Å². The van der Waals surface area contributed by atoms with Gasteiger partial charge in [0.15, 0.2) is 17.8 Å². The summed E-state index contributed by atoms with van der Waals surface area (Å²) >= 11 is 0. The topological polar surface area (TPSA) is 146 Å². The van der Waals surface area contributed by atoms with Crippen molar-refractivity contribution in [3.63, 3.8) is 0 Å². The van der Waals surface area contributed by atoms with E-state index in [0.717, 1.165) is 6.08 Å². The van der Waals surface area contributed by atoms with Crippen molar-refractivity contribution in [3.8, 4) is 11.5 Å². The van der Waals surface area contributed by atoms with Crippen LogP contribution in [0.2, 0.25) is 0 Å². The van der Waals surface area contributed by atoms with Gasteiger partial charge in [-0.1, -0.05) is 6.07 Å². The molecule has 0 aliphatic carbocycles. The minimum atomic E-state index is -1.69. The van der Waals surface area contributed by atoms with Crippen LogP contribution in [0.1, 0.15) is 5.56 Å². The second-order valence-corrected chi connectivity index (χ2v) is 5.43. The third-order valence-electron chi connectivity index (χ3n) is 3.69. The van der Waals surface area contributed by atoms with Gasteiger partial charge in [0.1, 0.15) is 31.0 Å². The molecule has 0 amide bonds. The van der Waals surface area contributed by atoms with E-state index in [-0.39, 0.29) is 11.5 Å². The first kappa shape index (κ1) is 19.2. The molecule has 5 N–H and O–H groups in total. The fourth-order valence-electron chi connectivity index (χ4n) is 2.24. The lowest BCUT2D eigenvalue weighted by molar-refractivity contribution is -0.287. The molecule has 5 atom stereocenters. The van der Waals surface area contributed by atoms with Crippen LogP contribution in [-0.4, -0.2) is 75.9 Å². The van der Waals surface area contributed by atoms with E-state index in [1.165, 1.54) is 25.3 Å². The van der Waals surface area contributed by atoms with Gasteiger partial charge in [-0.3, -0.25) is 0 Å². The van der Waals surface area contributed by atoms with Crippen molar-refractivity contribution in [3.05, 3.63) is 29.8 Å². The number of carbonyl (C=O) groups is 1. The van der Waals surface area contributed by atoms with Gasteiger partial charge in [0.05, 0.1) is 7.11 Å². The van der Waals surface area contributed by atoms with Gasteiger partial charge in [-0.2, -0.15) is 0 Å². The zero-order valence-electron chi connectivity index (χ0n) is 13.3. The second-order valence-electron chi connectivity index (χ2n) is 5.43. The Morgan fingerprint density at radius 3 is 2.60 bits per heavy atom. The Hall–Kier alpha value is -2.17. The first-order valence-electron chi connectivity index (χ1n) is 7.43. The molecule has 0 radical (unpaired) electrons. The number of aromatic hydroxyl groups is 1. The van der Waals surface area contributed by atoms with Crippen LogP contribution >= 0.6 is 0 Å². The highest BCUT2D eigenvalue weighted by atomic mass is 16.6. The van der Waals surface area contributed by atoms with E-state index in [0.29, 0.717) is 5.56 Å². The number of hydrogen-bond acceptors (Lipinski definition) is 9. The van der Waals surface area contributed by atoms with E-state index < -0.39 is 43.3 Å².